The van der Waals surface area contributed by atoms with Crippen LogP contribution in [0.5, 0.6) is 0 Å². The van der Waals surface area contributed by atoms with Gasteiger partial charge in [0.15, 0.2) is 0 Å². The Labute approximate surface area is 119 Å². The molecule has 104 valence electrons. The fourth-order valence-corrected chi connectivity index (χ4v) is 2.30. The van der Waals surface area contributed by atoms with Crippen LogP contribution < -0.4 is 10.6 Å². The number of benzene rings is 1. The van der Waals surface area contributed by atoms with E-state index in [1.807, 2.05) is 31.2 Å². The quantitative estimate of drug-likeness (QED) is 0.841. The number of halogens is 1. The second-order valence-electron chi connectivity index (χ2n) is 5.19. The summed E-state index contributed by atoms with van der Waals surface area (Å²) in [5, 5.41) is 7.12. The SMILES string of the molecule is CCC(NC(C)C(=O)NC1CC1)c1cccc(Cl)c1. The summed E-state index contributed by atoms with van der Waals surface area (Å²) in [6.45, 7) is 4.01. The van der Waals surface area contributed by atoms with Crippen molar-refractivity contribution >= 4 is 17.5 Å². The van der Waals surface area contributed by atoms with Gasteiger partial charge in [-0.25, -0.2) is 0 Å². The van der Waals surface area contributed by atoms with Gasteiger partial charge in [0.2, 0.25) is 5.91 Å². The van der Waals surface area contributed by atoms with Gasteiger partial charge < -0.3 is 5.32 Å². The predicted octanol–water partition coefficient (Wildman–Crippen LogP) is 3.05. The van der Waals surface area contributed by atoms with Crippen molar-refractivity contribution < 1.29 is 4.79 Å². The second kappa shape index (κ2) is 6.40. The summed E-state index contributed by atoms with van der Waals surface area (Å²) in [7, 11) is 0. The van der Waals surface area contributed by atoms with Crippen LogP contribution >= 0.6 is 11.6 Å². The molecule has 1 saturated carbocycles. The minimum atomic E-state index is -0.190. The van der Waals surface area contributed by atoms with Crippen molar-refractivity contribution in [3.05, 3.63) is 34.9 Å². The third-order valence-electron chi connectivity index (χ3n) is 3.43. The van der Waals surface area contributed by atoms with Crippen molar-refractivity contribution in [2.24, 2.45) is 0 Å². The van der Waals surface area contributed by atoms with Crippen LogP contribution in [0.4, 0.5) is 0 Å². The highest BCUT2D eigenvalue weighted by Crippen LogP contribution is 2.21. The lowest BCUT2D eigenvalue weighted by Crippen LogP contribution is -2.44. The van der Waals surface area contributed by atoms with Gasteiger partial charge in [0.1, 0.15) is 0 Å². The largest absolute Gasteiger partial charge is 0.352 e. The molecule has 0 bridgehead atoms. The molecule has 0 heterocycles. The van der Waals surface area contributed by atoms with E-state index in [1.54, 1.807) is 0 Å². The number of hydrogen-bond donors (Lipinski definition) is 2. The summed E-state index contributed by atoms with van der Waals surface area (Å²) in [6, 6.07) is 8.16. The van der Waals surface area contributed by atoms with Gasteiger partial charge in [-0.1, -0.05) is 30.7 Å². The first-order valence-electron chi connectivity index (χ1n) is 6.92. The minimum Gasteiger partial charge on any atom is -0.352 e. The summed E-state index contributed by atoms with van der Waals surface area (Å²) < 4.78 is 0. The zero-order chi connectivity index (χ0) is 13.8. The third-order valence-corrected chi connectivity index (χ3v) is 3.66. The van der Waals surface area contributed by atoms with Crippen LogP contribution in [0, 0.1) is 0 Å². The van der Waals surface area contributed by atoms with Gasteiger partial charge in [0.25, 0.3) is 0 Å². The number of rotatable bonds is 6. The monoisotopic (exact) mass is 280 g/mol. The molecular formula is C15H21ClN2O. The Kier molecular flexibility index (Phi) is 4.83. The number of carbonyl (C=O) groups is 1. The Morgan fingerprint density at radius 3 is 2.79 bits per heavy atom. The van der Waals surface area contributed by atoms with Gasteiger partial charge in [0.05, 0.1) is 6.04 Å². The summed E-state index contributed by atoms with van der Waals surface area (Å²) in [5.74, 6) is 0.0861. The molecule has 2 rings (SSSR count). The van der Waals surface area contributed by atoms with Gasteiger partial charge in [-0.2, -0.15) is 0 Å². The number of nitrogens with one attached hydrogen (secondary N) is 2. The average Bonchev–Trinajstić information content (AvgIpc) is 3.19. The first-order chi connectivity index (χ1) is 9.10. The molecule has 0 aromatic heterocycles. The van der Waals surface area contributed by atoms with E-state index in [0.29, 0.717) is 6.04 Å². The minimum absolute atomic E-state index is 0.0861. The predicted molar refractivity (Wildman–Crippen MR) is 78.2 cm³/mol. The van der Waals surface area contributed by atoms with E-state index in [2.05, 4.69) is 17.6 Å². The van der Waals surface area contributed by atoms with Gasteiger partial charge in [-0.05, 0) is 43.9 Å². The first-order valence-corrected chi connectivity index (χ1v) is 7.30. The molecule has 1 fully saturated rings. The summed E-state index contributed by atoms with van der Waals surface area (Å²) in [4.78, 5) is 11.9. The Hall–Kier alpha value is -1.06. The highest BCUT2D eigenvalue weighted by Gasteiger charge is 2.26. The van der Waals surface area contributed by atoms with Gasteiger partial charge in [0, 0.05) is 17.1 Å². The van der Waals surface area contributed by atoms with Crippen molar-refractivity contribution in [1.29, 1.82) is 0 Å². The van der Waals surface area contributed by atoms with E-state index in [1.165, 1.54) is 0 Å². The van der Waals surface area contributed by atoms with Crippen LogP contribution in [0.1, 0.15) is 44.7 Å². The van der Waals surface area contributed by atoms with Crippen LogP contribution in [0.3, 0.4) is 0 Å². The molecule has 4 heteroatoms. The lowest BCUT2D eigenvalue weighted by Gasteiger charge is -2.22. The van der Waals surface area contributed by atoms with Gasteiger partial charge in [-0.15, -0.1) is 0 Å². The molecule has 2 unspecified atom stereocenters. The Morgan fingerprint density at radius 1 is 1.47 bits per heavy atom. The van der Waals surface area contributed by atoms with Crippen LogP contribution in [-0.2, 0) is 4.79 Å². The van der Waals surface area contributed by atoms with Crippen LogP contribution in [0.25, 0.3) is 0 Å². The van der Waals surface area contributed by atoms with Gasteiger partial charge in [-0.3, -0.25) is 10.1 Å². The van der Waals surface area contributed by atoms with E-state index in [9.17, 15) is 4.79 Å². The smallest absolute Gasteiger partial charge is 0.237 e. The molecule has 2 N–H and O–H groups in total. The van der Waals surface area contributed by atoms with E-state index >= 15 is 0 Å². The number of carbonyl (C=O) groups excluding carboxylic acids is 1. The van der Waals surface area contributed by atoms with E-state index in [4.69, 9.17) is 11.6 Å². The highest BCUT2D eigenvalue weighted by molar-refractivity contribution is 6.30. The Balaban J connectivity index is 1.95. The topological polar surface area (TPSA) is 41.1 Å². The first kappa shape index (κ1) is 14.4. The van der Waals surface area contributed by atoms with Crippen molar-refractivity contribution in [3.8, 4) is 0 Å². The molecule has 0 spiro atoms. The Bertz CT molecular complexity index is 446. The van der Waals surface area contributed by atoms with Crippen molar-refractivity contribution in [1.82, 2.24) is 10.6 Å². The molecule has 1 aromatic rings. The molecule has 0 saturated heterocycles. The molecule has 19 heavy (non-hydrogen) atoms. The molecule has 1 amide bonds. The van der Waals surface area contributed by atoms with E-state index in [0.717, 1.165) is 29.8 Å². The zero-order valence-corrected chi connectivity index (χ0v) is 12.2. The maximum Gasteiger partial charge on any atom is 0.237 e. The lowest BCUT2D eigenvalue weighted by molar-refractivity contribution is -0.123. The summed E-state index contributed by atoms with van der Waals surface area (Å²) in [5.41, 5.74) is 1.13. The van der Waals surface area contributed by atoms with Crippen LogP contribution in [0.15, 0.2) is 24.3 Å². The normalized spacial score (nSPS) is 17.8. The fourth-order valence-electron chi connectivity index (χ4n) is 2.10. The Morgan fingerprint density at radius 2 is 2.21 bits per heavy atom. The molecule has 2 atom stereocenters. The van der Waals surface area contributed by atoms with Crippen molar-refractivity contribution in [2.75, 3.05) is 0 Å². The lowest BCUT2D eigenvalue weighted by atomic mass is 10.0. The molecule has 1 aliphatic carbocycles. The molecule has 3 nitrogen and oxygen atoms in total. The molecule has 0 aliphatic heterocycles. The standard InChI is InChI=1S/C15H21ClN2O/c1-3-14(11-5-4-6-12(16)9-11)17-10(2)15(19)18-13-7-8-13/h4-6,9-10,13-14,17H,3,7-8H2,1-2H3,(H,18,19). The number of hydrogen-bond acceptors (Lipinski definition) is 2. The maximum absolute atomic E-state index is 11.9. The van der Waals surface area contributed by atoms with Crippen molar-refractivity contribution in [2.45, 2.75) is 51.2 Å². The molecule has 1 aromatic carbocycles. The van der Waals surface area contributed by atoms with E-state index < -0.39 is 0 Å². The third kappa shape index (κ3) is 4.22. The molecule has 0 radical (unpaired) electrons. The second-order valence-corrected chi connectivity index (χ2v) is 5.62. The molecular weight excluding hydrogens is 260 g/mol. The maximum atomic E-state index is 11.9. The average molecular weight is 281 g/mol. The van der Waals surface area contributed by atoms with E-state index in [-0.39, 0.29) is 18.0 Å². The van der Waals surface area contributed by atoms with Crippen LogP contribution in [0.2, 0.25) is 5.02 Å². The highest BCUT2D eigenvalue weighted by atomic mass is 35.5. The number of amides is 1. The molecule has 1 aliphatic rings. The fraction of sp³-hybridized carbons (Fsp3) is 0.533. The van der Waals surface area contributed by atoms with Crippen LogP contribution in [-0.4, -0.2) is 18.0 Å². The zero-order valence-electron chi connectivity index (χ0n) is 11.4. The summed E-state index contributed by atoms with van der Waals surface area (Å²) in [6.07, 6.45) is 3.15. The van der Waals surface area contributed by atoms with Gasteiger partial charge >= 0.3 is 0 Å². The van der Waals surface area contributed by atoms with Crippen molar-refractivity contribution in [3.63, 3.8) is 0 Å². The summed E-state index contributed by atoms with van der Waals surface area (Å²) >= 11 is 6.02.